The normalized spacial score (nSPS) is 14.5. The van der Waals surface area contributed by atoms with Crippen molar-refractivity contribution in [2.24, 2.45) is 0 Å². The second-order valence-electron chi connectivity index (χ2n) is 8.33. The Labute approximate surface area is 213 Å². The van der Waals surface area contributed by atoms with Gasteiger partial charge in [-0.05, 0) is 23.3 Å². The summed E-state index contributed by atoms with van der Waals surface area (Å²) in [6.07, 6.45) is 0.254. The molecule has 36 heavy (non-hydrogen) atoms. The summed E-state index contributed by atoms with van der Waals surface area (Å²) in [4.78, 5) is 45.7. The average molecular weight is 513 g/mol. The number of aromatic nitrogens is 3. The monoisotopic (exact) mass is 512 g/mol. The molecule has 2 aromatic heterocycles. The maximum Gasteiger partial charge on any atom is 0.296 e. The van der Waals surface area contributed by atoms with Crippen LogP contribution in [0.25, 0.3) is 10.5 Å². The predicted octanol–water partition coefficient (Wildman–Crippen LogP) is 3.22. The van der Waals surface area contributed by atoms with Crippen molar-refractivity contribution < 1.29 is 4.79 Å². The summed E-state index contributed by atoms with van der Waals surface area (Å²) in [7, 11) is 0. The van der Waals surface area contributed by atoms with Crippen molar-refractivity contribution in [3.63, 3.8) is 0 Å². The summed E-state index contributed by atoms with van der Waals surface area (Å²) in [5.41, 5.74) is 2.49. The maximum absolute atomic E-state index is 13.7. The number of amides is 1. The fourth-order valence-electron chi connectivity index (χ4n) is 4.35. The number of anilines is 1. The van der Waals surface area contributed by atoms with Crippen LogP contribution in [0.4, 0.5) is 5.69 Å². The molecule has 0 saturated carbocycles. The van der Waals surface area contributed by atoms with Gasteiger partial charge in [-0.1, -0.05) is 89.7 Å². The van der Waals surface area contributed by atoms with E-state index in [4.69, 9.17) is 11.6 Å². The van der Waals surface area contributed by atoms with E-state index in [1.54, 1.807) is 11.0 Å². The van der Waals surface area contributed by atoms with E-state index in [-0.39, 0.29) is 39.6 Å². The van der Waals surface area contributed by atoms with E-state index in [0.29, 0.717) is 16.3 Å². The molecular formula is C27H17ClN4O3S. The van der Waals surface area contributed by atoms with Gasteiger partial charge in [-0.25, -0.2) is 0 Å². The van der Waals surface area contributed by atoms with Crippen LogP contribution in [0.5, 0.6) is 0 Å². The first-order valence-electron chi connectivity index (χ1n) is 11.2. The molecule has 5 aromatic rings. The van der Waals surface area contributed by atoms with Crippen LogP contribution in [-0.2, 0) is 17.8 Å². The zero-order valence-electron chi connectivity index (χ0n) is 18.7. The number of hydrogen-bond acceptors (Lipinski definition) is 6. The molecule has 176 valence electrons. The largest absolute Gasteiger partial charge is 0.303 e. The molecule has 0 saturated heterocycles. The fraction of sp³-hybridized carbons (Fsp3) is 0.0741. The van der Waals surface area contributed by atoms with E-state index < -0.39 is 11.1 Å². The molecule has 0 aliphatic carbocycles. The SMILES string of the molecule is O=C1/C(=c2\sc3nc(=O)c(Cc4ccccc4)nn3c2=O)c2ccccc2N1Cc1ccccc1Cl. The molecule has 9 heteroatoms. The Morgan fingerprint density at radius 1 is 0.861 bits per heavy atom. The predicted molar refractivity (Wildman–Crippen MR) is 139 cm³/mol. The van der Waals surface area contributed by atoms with Crippen molar-refractivity contribution in [2.75, 3.05) is 4.90 Å². The molecule has 1 aliphatic heterocycles. The van der Waals surface area contributed by atoms with Crippen LogP contribution in [-0.4, -0.2) is 20.5 Å². The molecule has 0 fully saturated rings. The van der Waals surface area contributed by atoms with E-state index in [9.17, 15) is 14.4 Å². The highest BCUT2D eigenvalue weighted by molar-refractivity contribution is 7.15. The Balaban J connectivity index is 1.51. The molecule has 0 bridgehead atoms. The van der Waals surface area contributed by atoms with Crippen molar-refractivity contribution in [3.05, 3.63) is 132 Å². The second-order valence-corrected chi connectivity index (χ2v) is 9.72. The number of thiazole rings is 1. The highest BCUT2D eigenvalue weighted by atomic mass is 35.5. The van der Waals surface area contributed by atoms with Crippen molar-refractivity contribution in [2.45, 2.75) is 13.0 Å². The molecular weight excluding hydrogens is 496 g/mol. The van der Waals surface area contributed by atoms with Crippen LogP contribution in [0.2, 0.25) is 5.02 Å². The lowest BCUT2D eigenvalue weighted by Crippen LogP contribution is -2.33. The highest BCUT2D eigenvalue weighted by Gasteiger charge is 2.34. The summed E-state index contributed by atoms with van der Waals surface area (Å²) in [6, 6.07) is 24.0. The third kappa shape index (κ3) is 3.71. The standard InChI is InChI=1S/C27H17ClN4O3S/c28-19-12-6-4-10-17(19)15-31-21-13-7-5-11-18(21)22(25(31)34)23-26(35)32-27(36-23)29-24(33)20(30-32)14-16-8-2-1-3-9-16/h1-13H,14-15H2/b23-22-. The molecule has 0 atom stereocenters. The van der Waals surface area contributed by atoms with Crippen molar-refractivity contribution >= 4 is 45.1 Å². The van der Waals surface area contributed by atoms with Gasteiger partial charge in [-0.3, -0.25) is 14.4 Å². The second kappa shape index (κ2) is 8.82. The van der Waals surface area contributed by atoms with Gasteiger partial charge in [0, 0.05) is 17.0 Å². The van der Waals surface area contributed by atoms with Gasteiger partial charge in [0.1, 0.15) is 10.2 Å². The molecule has 1 aliphatic rings. The lowest BCUT2D eigenvalue weighted by molar-refractivity contribution is -0.113. The third-order valence-corrected chi connectivity index (χ3v) is 7.48. The number of halogens is 1. The molecule has 0 N–H and O–H groups in total. The van der Waals surface area contributed by atoms with E-state index in [2.05, 4.69) is 10.1 Å². The molecule has 3 aromatic carbocycles. The number of hydrogen-bond donors (Lipinski definition) is 0. The molecule has 1 amide bonds. The van der Waals surface area contributed by atoms with Crippen LogP contribution in [0.3, 0.4) is 0 Å². The minimum absolute atomic E-state index is 0.152. The van der Waals surface area contributed by atoms with Gasteiger partial charge >= 0.3 is 0 Å². The van der Waals surface area contributed by atoms with E-state index >= 15 is 0 Å². The lowest BCUT2D eigenvalue weighted by atomic mass is 10.1. The van der Waals surface area contributed by atoms with Gasteiger partial charge < -0.3 is 4.90 Å². The van der Waals surface area contributed by atoms with E-state index in [1.165, 1.54) is 0 Å². The molecule has 7 nitrogen and oxygen atoms in total. The number of para-hydroxylation sites is 1. The Morgan fingerprint density at radius 3 is 2.39 bits per heavy atom. The number of carbonyl (C=O) groups excluding carboxylic acids is 1. The number of nitrogens with zero attached hydrogens (tertiary/aromatic N) is 4. The van der Waals surface area contributed by atoms with Gasteiger partial charge in [0.15, 0.2) is 0 Å². The fourth-order valence-corrected chi connectivity index (χ4v) is 5.54. The quantitative estimate of drug-likeness (QED) is 0.369. The maximum atomic E-state index is 13.7. The average Bonchev–Trinajstić information content (AvgIpc) is 3.34. The minimum Gasteiger partial charge on any atom is -0.303 e. The molecule has 3 heterocycles. The van der Waals surface area contributed by atoms with Crippen molar-refractivity contribution in [3.8, 4) is 0 Å². The summed E-state index contributed by atoms with van der Waals surface area (Å²) < 4.78 is 1.32. The summed E-state index contributed by atoms with van der Waals surface area (Å²) in [5, 5.41) is 4.88. The number of fused-ring (bicyclic) bond motifs is 2. The molecule has 6 rings (SSSR count). The van der Waals surface area contributed by atoms with Gasteiger partial charge in [-0.2, -0.15) is 14.6 Å². The van der Waals surface area contributed by atoms with Gasteiger partial charge in [0.25, 0.3) is 17.0 Å². The van der Waals surface area contributed by atoms with Crippen LogP contribution >= 0.6 is 22.9 Å². The topological polar surface area (TPSA) is 84.6 Å². The first kappa shape index (κ1) is 22.3. The summed E-state index contributed by atoms with van der Waals surface area (Å²) in [5.74, 6) is -0.313. The Bertz CT molecular complexity index is 1830. The molecule has 0 unspecified atom stereocenters. The van der Waals surface area contributed by atoms with E-state index in [1.807, 2.05) is 72.8 Å². The summed E-state index contributed by atoms with van der Waals surface area (Å²) >= 11 is 7.35. The first-order chi connectivity index (χ1) is 17.5. The van der Waals surface area contributed by atoms with Gasteiger partial charge in [0.05, 0.1) is 17.8 Å². The van der Waals surface area contributed by atoms with Gasteiger partial charge in [-0.15, -0.1) is 0 Å². The van der Waals surface area contributed by atoms with E-state index in [0.717, 1.165) is 27.0 Å². The molecule has 0 spiro atoms. The number of rotatable bonds is 4. The van der Waals surface area contributed by atoms with Crippen LogP contribution < -0.4 is 20.6 Å². The lowest BCUT2D eigenvalue weighted by Gasteiger charge is -2.17. The summed E-state index contributed by atoms with van der Waals surface area (Å²) in [6.45, 7) is 0.258. The Hall–Kier alpha value is -4.14. The zero-order valence-corrected chi connectivity index (χ0v) is 20.3. The van der Waals surface area contributed by atoms with Crippen LogP contribution in [0, 0.1) is 0 Å². The van der Waals surface area contributed by atoms with Gasteiger partial charge in [0.2, 0.25) is 4.96 Å². The third-order valence-electron chi connectivity index (χ3n) is 6.08. The first-order valence-corrected chi connectivity index (χ1v) is 12.4. The highest BCUT2D eigenvalue weighted by Crippen LogP contribution is 2.36. The Morgan fingerprint density at radius 2 is 1.58 bits per heavy atom. The Kier molecular flexibility index (Phi) is 5.47. The zero-order chi connectivity index (χ0) is 24.8. The number of carbonyl (C=O) groups is 1. The van der Waals surface area contributed by atoms with Crippen LogP contribution in [0.15, 0.2) is 88.5 Å². The number of benzene rings is 3. The van der Waals surface area contributed by atoms with Crippen molar-refractivity contribution in [1.82, 2.24) is 14.6 Å². The van der Waals surface area contributed by atoms with Crippen molar-refractivity contribution in [1.29, 1.82) is 0 Å². The molecule has 0 radical (unpaired) electrons. The smallest absolute Gasteiger partial charge is 0.296 e. The minimum atomic E-state index is -0.491. The van der Waals surface area contributed by atoms with Crippen LogP contribution in [0.1, 0.15) is 22.4 Å².